The summed E-state index contributed by atoms with van der Waals surface area (Å²) in [6.07, 6.45) is 7.15. The van der Waals surface area contributed by atoms with E-state index in [9.17, 15) is 0 Å². The molecule has 1 fully saturated rings. The van der Waals surface area contributed by atoms with Crippen LogP contribution in [0.2, 0.25) is 0 Å². The van der Waals surface area contributed by atoms with E-state index < -0.39 is 5.60 Å². The molecule has 1 saturated heterocycles. The van der Waals surface area contributed by atoms with Gasteiger partial charge in [-0.1, -0.05) is 6.42 Å². The number of hydrazine groups is 1. The Kier molecular flexibility index (Phi) is 4.37. The lowest BCUT2D eigenvalue weighted by atomic mass is 9.92. The molecule has 21 heavy (non-hydrogen) atoms. The minimum atomic E-state index is -0.439. The van der Waals surface area contributed by atoms with Gasteiger partial charge >= 0.3 is 0 Å². The van der Waals surface area contributed by atoms with E-state index in [1.807, 2.05) is 0 Å². The van der Waals surface area contributed by atoms with Crippen LogP contribution in [-0.2, 0) is 27.9 Å². The summed E-state index contributed by atoms with van der Waals surface area (Å²) in [5.41, 5.74) is 4.64. The Bertz CT molecular complexity index is 501. The number of aromatic nitrogens is 2. The number of aryl methyl sites for hydroxylation is 1. The smallest absolute Gasteiger partial charge is 0.163 e. The molecule has 0 saturated carbocycles. The summed E-state index contributed by atoms with van der Waals surface area (Å²) in [4.78, 5) is 9.55. The Balaban J connectivity index is 2.04. The zero-order chi connectivity index (χ0) is 14.7. The van der Waals surface area contributed by atoms with Gasteiger partial charge in [0.2, 0.25) is 0 Å². The molecule has 0 amide bonds. The number of nitrogen functional groups attached to an aromatic ring is 1. The molecule has 0 spiro atoms. The molecule has 6 heteroatoms. The molecule has 3 rings (SSSR count). The van der Waals surface area contributed by atoms with Crippen molar-refractivity contribution in [2.24, 2.45) is 5.84 Å². The molecule has 1 aliphatic heterocycles. The summed E-state index contributed by atoms with van der Waals surface area (Å²) in [6, 6.07) is 0. The van der Waals surface area contributed by atoms with E-state index in [0.29, 0.717) is 13.2 Å². The lowest BCUT2D eigenvalue weighted by molar-refractivity contribution is -0.1000. The fourth-order valence-corrected chi connectivity index (χ4v) is 3.31. The first-order chi connectivity index (χ1) is 10.3. The van der Waals surface area contributed by atoms with Gasteiger partial charge in [-0.2, -0.15) is 0 Å². The van der Waals surface area contributed by atoms with E-state index in [2.05, 4.69) is 10.4 Å². The molecule has 0 atom stereocenters. The Hall–Kier alpha value is -1.24. The summed E-state index contributed by atoms with van der Waals surface area (Å²) in [5, 5.41) is 0. The average Bonchev–Trinajstić information content (AvgIpc) is 2.79. The van der Waals surface area contributed by atoms with Gasteiger partial charge < -0.3 is 14.9 Å². The molecule has 1 aromatic heterocycles. The molecule has 0 bridgehead atoms. The quantitative estimate of drug-likeness (QED) is 0.501. The summed E-state index contributed by atoms with van der Waals surface area (Å²) in [6.45, 7) is 1.36. The molecule has 3 N–H and O–H groups in total. The number of nitrogens with one attached hydrogen (secondary N) is 1. The van der Waals surface area contributed by atoms with Gasteiger partial charge in [-0.3, -0.25) is 0 Å². The number of methoxy groups -OCH3 is 1. The van der Waals surface area contributed by atoms with Gasteiger partial charge in [0.05, 0.1) is 0 Å². The van der Waals surface area contributed by atoms with Crippen LogP contribution >= 0.6 is 0 Å². The number of ether oxygens (including phenoxy) is 2. The minimum Gasteiger partial charge on any atom is -0.381 e. The largest absolute Gasteiger partial charge is 0.381 e. The molecule has 0 unspecified atom stereocenters. The number of anilines is 1. The van der Waals surface area contributed by atoms with Crippen molar-refractivity contribution in [2.75, 3.05) is 25.7 Å². The molecule has 2 aliphatic rings. The number of nitrogens with two attached hydrogens (primary N) is 1. The predicted molar refractivity (Wildman–Crippen MR) is 79.8 cm³/mol. The summed E-state index contributed by atoms with van der Waals surface area (Å²) < 4.78 is 11.3. The topological polar surface area (TPSA) is 82.3 Å². The van der Waals surface area contributed by atoms with Gasteiger partial charge in [-0.25, -0.2) is 15.8 Å². The molecule has 6 nitrogen and oxygen atoms in total. The van der Waals surface area contributed by atoms with Crippen LogP contribution in [-0.4, -0.2) is 30.3 Å². The second-order valence-electron chi connectivity index (χ2n) is 5.84. The Morgan fingerprint density at radius 3 is 2.62 bits per heavy atom. The van der Waals surface area contributed by atoms with Gasteiger partial charge in [0, 0.05) is 44.4 Å². The summed E-state index contributed by atoms with van der Waals surface area (Å²) in [7, 11) is 1.73. The van der Waals surface area contributed by atoms with E-state index >= 15 is 0 Å². The van der Waals surface area contributed by atoms with Crippen LogP contribution in [0.25, 0.3) is 0 Å². The second-order valence-corrected chi connectivity index (χ2v) is 5.84. The van der Waals surface area contributed by atoms with E-state index in [4.69, 9.17) is 20.3 Å². The molecule has 0 aromatic carbocycles. The van der Waals surface area contributed by atoms with E-state index in [-0.39, 0.29) is 0 Å². The van der Waals surface area contributed by atoms with Crippen LogP contribution in [0.1, 0.15) is 49.2 Å². The van der Waals surface area contributed by atoms with Crippen LogP contribution in [0.5, 0.6) is 0 Å². The van der Waals surface area contributed by atoms with E-state index in [0.717, 1.165) is 43.0 Å². The van der Waals surface area contributed by atoms with Crippen molar-refractivity contribution in [1.29, 1.82) is 0 Å². The minimum absolute atomic E-state index is 0.439. The molecule has 0 radical (unpaired) electrons. The number of fused-ring (bicyclic) bond motifs is 1. The van der Waals surface area contributed by atoms with Crippen LogP contribution in [0.4, 0.5) is 5.82 Å². The molecule has 1 aliphatic carbocycles. The first-order valence-corrected chi connectivity index (χ1v) is 7.79. The molecular weight excluding hydrogens is 268 g/mol. The normalized spacial score (nSPS) is 21.4. The third-order valence-corrected chi connectivity index (χ3v) is 4.67. The van der Waals surface area contributed by atoms with Crippen molar-refractivity contribution in [2.45, 2.75) is 50.5 Å². The highest BCUT2D eigenvalue weighted by molar-refractivity contribution is 5.47. The van der Waals surface area contributed by atoms with Crippen LogP contribution in [0.3, 0.4) is 0 Å². The summed E-state index contributed by atoms with van der Waals surface area (Å²) >= 11 is 0. The highest BCUT2D eigenvalue weighted by Gasteiger charge is 2.38. The predicted octanol–water partition coefficient (Wildman–Crippen LogP) is 1.68. The zero-order valence-corrected chi connectivity index (χ0v) is 12.7. The first-order valence-electron chi connectivity index (χ1n) is 7.79. The van der Waals surface area contributed by atoms with Crippen molar-refractivity contribution in [1.82, 2.24) is 9.97 Å². The Labute approximate surface area is 125 Å². The van der Waals surface area contributed by atoms with Gasteiger partial charge in [0.1, 0.15) is 11.4 Å². The number of hydrogen-bond donors (Lipinski definition) is 2. The Morgan fingerprint density at radius 2 is 1.90 bits per heavy atom. The Morgan fingerprint density at radius 1 is 1.14 bits per heavy atom. The lowest BCUT2D eigenvalue weighted by Crippen LogP contribution is -2.38. The molecular formula is C15H24N4O2. The van der Waals surface area contributed by atoms with Crippen molar-refractivity contribution in [3.63, 3.8) is 0 Å². The number of nitrogens with zero attached hydrogens (tertiary/aromatic N) is 2. The van der Waals surface area contributed by atoms with Crippen molar-refractivity contribution in [3.8, 4) is 0 Å². The number of hydrogen-bond acceptors (Lipinski definition) is 6. The maximum Gasteiger partial charge on any atom is 0.163 e. The van der Waals surface area contributed by atoms with Gasteiger partial charge in [-0.05, 0) is 25.7 Å². The van der Waals surface area contributed by atoms with Crippen molar-refractivity contribution < 1.29 is 9.47 Å². The third-order valence-electron chi connectivity index (χ3n) is 4.67. The molecule has 116 valence electrons. The van der Waals surface area contributed by atoms with Crippen molar-refractivity contribution >= 4 is 5.82 Å². The van der Waals surface area contributed by atoms with Crippen LogP contribution in [0.15, 0.2) is 0 Å². The molecule has 2 heterocycles. The fourth-order valence-electron chi connectivity index (χ4n) is 3.31. The van der Waals surface area contributed by atoms with Crippen LogP contribution < -0.4 is 11.3 Å². The maximum absolute atomic E-state index is 5.81. The standard InChI is InChI=1S/C15H24N4O2/c1-20-15(7-9-21-10-8-15)14-17-12-6-4-2-3-5-11(12)13(18-14)19-16/h2-10,16H2,1H3,(H,17,18,19). The third kappa shape index (κ3) is 2.75. The fraction of sp³-hybridized carbons (Fsp3) is 0.733. The van der Waals surface area contributed by atoms with Gasteiger partial charge in [0.25, 0.3) is 0 Å². The average molecular weight is 292 g/mol. The van der Waals surface area contributed by atoms with Gasteiger partial charge in [-0.15, -0.1) is 0 Å². The van der Waals surface area contributed by atoms with Crippen molar-refractivity contribution in [3.05, 3.63) is 17.1 Å². The van der Waals surface area contributed by atoms with Crippen LogP contribution in [0, 0.1) is 0 Å². The van der Waals surface area contributed by atoms with E-state index in [1.54, 1.807) is 7.11 Å². The summed E-state index contributed by atoms with van der Waals surface area (Å²) in [5.74, 6) is 7.22. The lowest BCUT2D eigenvalue weighted by Gasteiger charge is -2.35. The zero-order valence-electron chi connectivity index (χ0n) is 12.7. The second kappa shape index (κ2) is 6.25. The van der Waals surface area contributed by atoms with Gasteiger partial charge in [0.15, 0.2) is 5.82 Å². The highest BCUT2D eigenvalue weighted by atomic mass is 16.5. The number of rotatable bonds is 3. The maximum atomic E-state index is 5.81. The first kappa shape index (κ1) is 14.7. The molecule has 1 aromatic rings. The highest BCUT2D eigenvalue weighted by Crippen LogP contribution is 2.35. The monoisotopic (exact) mass is 292 g/mol. The van der Waals surface area contributed by atoms with E-state index in [1.165, 1.54) is 24.8 Å². The SMILES string of the molecule is COC1(c2nc3c(c(NN)n2)CCCCC3)CCOCC1.